The minimum absolute atomic E-state index is 0.0619. The molecule has 0 spiro atoms. The van der Waals surface area contributed by atoms with Crippen LogP contribution in [0.5, 0.6) is 0 Å². The lowest BCUT2D eigenvalue weighted by Gasteiger charge is -2.04. The van der Waals surface area contributed by atoms with Crippen LogP contribution in [0.15, 0.2) is 16.9 Å². The third kappa shape index (κ3) is 1.97. The van der Waals surface area contributed by atoms with Crippen molar-refractivity contribution in [2.45, 2.75) is 13.1 Å². The first-order chi connectivity index (χ1) is 5.65. The van der Waals surface area contributed by atoms with Gasteiger partial charge in [0, 0.05) is 17.3 Å². The largest absolute Gasteiger partial charge is 0.264 e. The van der Waals surface area contributed by atoms with E-state index in [-0.39, 0.29) is 15.7 Å². The molecule has 0 bridgehead atoms. The third-order valence-corrected chi connectivity index (χ3v) is 1.80. The van der Waals surface area contributed by atoms with Gasteiger partial charge in [-0.15, -0.1) is 0 Å². The van der Waals surface area contributed by atoms with Crippen LogP contribution in [0.2, 0.25) is 0 Å². The van der Waals surface area contributed by atoms with E-state index >= 15 is 0 Å². The van der Waals surface area contributed by atoms with E-state index in [0.29, 0.717) is 0 Å². The van der Waals surface area contributed by atoms with Crippen molar-refractivity contribution < 1.29 is 13.2 Å². The molecule has 5 heteroatoms. The van der Waals surface area contributed by atoms with Crippen molar-refractivity contribution in [1.29, 1.82) is 0 Å². The van der Waals surface area contributed by atoms with E-state index < -0.39 is 13.1 Å². The summed E-state index contributed by atoms with van der Waals surface area (Å²) in [6.07, 6.45) is -1.55. The molecular weight excluding hydrogens is 235 g/mol. The molecule has 1 nitrogen and oxygen atoms in total. The highest BCUT2D eigenvalue weighted by Crippen LogP contribution is 2.25. The van der Waals surface area contributed by atoms with Crippen LogP contribution in [0.25, 0.3) is 0 Å². The van der Waals surface area contributed by atoms with Crippen LogP contribution in [0.1, 0.15) is 17.6 Å². The minimum atomic E-state index is -2.66. The van der Waals surface area contributed by atoms with Gasteiger partial charge in [-0.05, 0) is 22.0 Å². The van der Waals surface area contributed by atoms with Crippen molar-refractivity contribution in [2.75, 3.05) is 0 Å². The topological polar surface area (TPSA) is 12.9 Å². The number of nitrogens with zero attached hydrogens (tertiary/aromatic N) is 1. The fourth-order valence-corrected chi connectivity index (χ4v) is 1.14. The Bertz CT molecular complexity index is 277. The summed E-state index contributed by atoms with van der Waals surface area (Å²) in [7, 11) is 0. The van der Waals surface area contributed by atoms with E-state index in [1.807, 2.05) is 0 Å². The number of halogens is 4. The van der Waals surface area contributed by atoms with E-state index in [4.69, 9.17) is 0 Å². The summed E-state index contributed by atoms with van der Waals surface area (Å²) >= 11 is 2.93. The van der Waals surface area contributed by atoms with Gasteiger partial charge in [0.2, 0.25) is 0 Å². The maximum atomic E-state index is 12.2. The van der Waals surface area contributed by atoms with Gasteiger partial charge in [0.25, 0.3) is 6.43 Å². The summed E-state index contributed by atoms with van der Waals surface area (Å²) in [6, 6.07) is 1.12. The molecule has 1 rings (SSSR count). The molecule has 0 aliphatic heterocycles. The SMILES string of the molecule is FCc1cnc(Br)cc1C(F)F. The molecular formula is C7H5BrF3N. The van der Waals surface area contributed by atoms with Gasteiger partial charge < -0.3 is 0 Å². The fraction of sp³-hybridized carbons (Fsp3) is 0.286. The van der Waals surface area contributed by atoms with Crippen molar-refractivity contribution in [3.8, 4) is 0 Å². The highest BCUT2D eigenvalue weighted by Gasteiger charge is 2.13. The zero-order valence-electron chi connectivity index (χ0n) is 5.90. The summed E-state index contributed by atoms with van der Waals surface area (Å²) in [4.78, 5) is 3.64. The predicted molar refractivity (Wildman–Crippen MR) is 41.7 cm³/mol. The molecule has 0 fully saturated rings. The van der Waals surface area contributed by atoms with Crippen LogP contribution in [0.3, 0.4) is 0 Å². The third-order valence-electron chi connectivity index (χ3n) is 1.37. The molecule has 1 aromatic heterocycles. The molecule has 0 radical (unpaired) electrons. The Morgan fingerprint density at radius 3 is 2.67 bits per heavy atom. The molecule has 1 aromatic rings. The number of alkyl halides is 3. The summed E-state index contributed by atoms with van der Waals surface area (Å²) in [6.45, 7) is -0.917. The molecule has 0 atom stereocenters. The van der Waals surface area contributed by atoms with E-state index in [2.05, 4.69) is 20.9 Å². The van der Waals surface area contributed by atoms with E-state index in [1.165, 1.54) is 0 Å². The second kappa shape index (κ2) is 3.89. The quantitative estimate of drug-likeness (QED) is 0.723. The first kappa shape index (κ1) is 9.51. The molecule has 0 saturated carbocycles. The molecule has 0 unspecified atom stereocenters. The smallest absolute Gasteiger partial charge is 0.249 e. The molecule has 12 heavy (non-hydrogen) atoms. The van der Waals surface area contributed by atoms with Crippen molar-refractivity contribution in [3.63, 3.8) is 0 Å². The van der Waals surface area contributed by atoms with Gasteiger partial charge in [0.05, 0.1) is 0 Å². The van der Waals surface area contributed by atoms with Gasteiger partial charge in [-0.3, -0.25) is 0 Å². The van der Waals surface area contributed by atoms with Gasteiger partial charge in [0.15, 0.2) is 0 Å². The molecule has 0 N–H and O–H groups in total. The summed E-state index contributed by atoms with van der Waals surface area (Å²) in [5.74, 6) is 0. The van der Waals surface area contributed by atoms with E-state index in [1.54, 1.807) is 0 Å². The first-order valence-electron chi connectivity index (χ1n) is 3.13. The molecule has 0 saturated heterocycles. The normalized spacial score (nSPS) is 10.8. The lowest BCUT2D eigenvalue weighted by atomic mass is 10.2. The average molecular weight is 240 g/mol. The number of hydrogen-bond donors (Lipinski definition) is 0. The van der Waals surface area contributed by atoms with Crippen LogP contribution in [0.4, 0.5) is 13.2 Å². The number of rotatable bonds is 2. The van der Waals surface area contributed by atoms with Crippen molar-refractivity contribution in [2.24, 2.45) is 0 Å². The lowest BCUT2D eigenvalue weighted by molar-refractivity contribution is 0.149. The summed E-state index contributed by atoms with van der Waals surface area (Å²) in [5, 5.41) is 0. The molecule has 0 aromatic carbocycles. The van der Waals surface area contributed by atoms with Crippen molar-refractivity contribution >= 4 is 15.9 Å². The lowest BCUT2D eigenvalue weighted by Crippen LogP contribution is -1.94. The van der Waals surface area contributed by atoms with Crippen LogP contribution >= 0.6 is 15.9 Å². The van der Waals surface area contributed by atoms with Gasteiger partial charge in [-0.1, -0.05) is 0 Å². The highest BCUT2D eigenvalue weighted by atomic mass is 79.9. The van der Waals surface area contributed by atoms with E-state index in [0.717, 1.165) is 12.3 Å². The monoisotopic (exact) mass is 239 g/mol. The Balaban J connectivity index is 3.12. The van der Waals surface area contributed by atoms with Crippen molar-refractivity contribution in [1.82, 2.24) is 4.98 Å². The van der Waals surface area contributed by atoms with Gasteiger partial charge in [-0.25, -0.2) is 18.2 Å². The van der Waals surface area contributed by atoms with E-state index in [9.17, 15) is 13.2 Å². The number of pyridine rings is 1. The second-order valence-corrected chi connectivity index (χ2v) is 2.95. The Labute approximate surface area is 75.7 Å². The Morgan fingerprint density at radius 1 is 1.50 bits per heavy atom. The first-order valence-corrected chi connectivity index (χ1v) is 3.93. The predicted octanol–water partition coefficient (Wildman–Crippen LogP) is 3.25. The van der Waals surface area contributed by atoms with Gasteiger partial charge >= 0.3 is 0 Å². The van der Waals surface area contributed by atoms with Crippen LogP contribution in [-0.2, 0) is 6.67 Å². The Morgan fingerprint density at radius 2 is 2.17 bits per heavy atom. The fourth-order valence-electron chi connectivity index (χ4n) is 0.787. The maximum Gasteiger partial charge on any atom is 0.264 e. The number of hydrogen-bond acceptors (Lipinski definition) is 1. The standard InChI is InChI=1S/C7H5BrF3N/c8-6-1-5(7(10)11)4(2-9)3-12-6/h1,3,7H,2H2. The van der Waals surface area contributed by atoms with Crippen molar-refractivity contribution in [3.05, 3.63) is 28.0 Å². The maximum absolute atomic E-state index is 12.2. The Kier molecular flexibility index (Phi) is 3.08. The average Bonchev–Trinajstić information content (AvgIpc) is 2.04. The summed E-state index contributed by atoms with van der Waals surface area (Å²) in [5.41, 5.74) is -0.368. The molecule has 0 aliphatic rings. The second-order valence-electron chi connectivity index (χ2n) is 2.14. The molecule has 0 amide bonds. The zero-order valence-corrected chi connectivity index (χ0v) is 7.48. The molecule has 66 valence electrons. The Hall–Kier alpha value is -0.580. The van der Waals surface area contributed by atoms with Gasteiger partial charge in [-0.2, -0.15) is 0 Å². The molecule has 1 heterocycles. The highest BCUT2D eigenvalue weighted by molar-refractivity contribution is 9.10. The van der Waals surface area contributed by atoms with Crippen LogP contribution in [-0.4, -0.2) is 4.98 Å². The zero-order chi connectivity index (χ0) is 9.14. The number of aromatic nitrogens is 1. The van der Waals surface area contributed by atoms with Gasteiger partial charge in [0.1, 0.15) is 11.3 Å². The summed E-state index contributed by atoms with van der Waals surface area (Å²) < 4.78 is 36.7. The minimum Gasteiger partial charge on any atom is -0.249 e. The van der Waals surface area contributed by atoms with Crippen LogP contribution < -0.4 is 0 Å². The molecule has 0 aliphatic carbocycles. The van der Waals surface area contributed by atoms with Crippen LogP contribution in [0, 0.1) is 0 Å².